The second-order valence-electron chi connectivity index (χ2n) is 0.431. The van der Waals surface area contributed by atoms with Crippen molar-refractivity contribution in [3.8, 4) is 0 Å². The van der Waals surface area contributed by atoms with Crippen molar-refractivity contribution >= 4 is 102 Å². The van der Waals surface area contributed by atoms with Gasteiger partial charge in [-0.05, 0) is 0 Å². The number of halogens is 5. The van der Waals surface area contributed by atoms with Crippen LogP contribution in [0.2, 0.25) is 0 Å². The van der Waals surface area contributed by atoms with Crippen LogP contribution in [0.15, 0.2) is 0 Å². The Morgan fingerprint density at radius 3 is 0.667 bits per heavy atom. The van der Waals surface area contributed by atoms with Gasteiger partial charge in [-0.2, -0.15) is 0 Å². The summed E-state index contributed by atoms with van der Waals surface area (Å²) in [4.78, 5) is 0. The molecule has 0 heterocycles. The predicted octanol–water partition coefficient (Wildman–Crippen LogP) is 4.43. The molecule has 46 valence electrons. The second-order valence-corrected chi connectivity index (χ2v) is 79.9. The van der Waals surface area contributed by atoms with Crippen LogP contribution in [-0.4, -0.2) is 0 Å². The maximum atomic E-state index is 2.46. The van der Waals surface area contributed by atoms with E-state index in [-0.39, 0.29) is 0 Å². The van der Waals surface area contributed by atoms with Gasteiger partial charge in [0.1, 0.15) is 0 Å². The van der Waals surface area contributed by atoms with Crippen molar-refractivity contribution in [2.24, 2.45) is 0 Å². The van der Waals surface area contributed by atoms with E-state index in [1.165, 1.54) is 0 Å². The van der Waals surface area contributed by atoms with E-state index < -0.39 is -4.46 Å². The van der Waals surface area contributed by atoms with Crippen molar-refractivity contribution in [2.45, 2.75) is 0 Å². The minimum absolute atomic E-state index is 0.963. The van der Waals surface area contributed by atoms with Crippen LogP contribution >= 0.6 is 102 Å². The number of hydrogen-bond acceptors (Lipinski definition) is 0. The summed E-state index contributed by atoms with van der Waals surface area (Å²) in [5, 5.41) is 0. The van der Waals surface area contributed by atoms with Crippen molar-refractivity contribution in [1.29, 1.82) is 0 Å². The van der Waals surface area contributed by atoms with Gasteiger partial charge in [0.05, 0.1) is 0 Å². The zero-order chi connectivity index (χ0) is 5.45. The van der Waals surface area contributed by atoms with Crippen LogP contribution in [0, 0.1) is 0 Å². The first-order valence-electron chi connectivity index (χ1n) is 0.570. The van der Waals surface area contributed by atoms with Crippen LogP contribution < -0.4 is 0 Å². The fourth-order valence-corrected chi connectivity index (χ4v) is 0. The summed E-state index contributed by atoms with van der Waals surface area (Å²) in [6, 6.07) is 0. The van der Waals surface area contributed by atoms with Crippen LogP contribution in [0.4, 0.5) is 0 Å². The Balaban J connectivity index is 3.73. The number of hydrogen-bond donors (Lipinski definition) is 0. The first kappa shape index (κ1) is 10.2. The zero-order valence-electron chi connectivity index (χ0n) is 2.19. The van der Waals surface area contributed by atoms with Gasteiger partial charge in [-0.3, -0.25) is 0 Å². The Hall–Kier alpha value is 4.17. The second kappa shape index (κ2) is 3.05. The minimum atomic E-state index is -0.963. The standard InChI is InChI=1S/Cu.5HI/h;5*1H/q+5;;;;;/p-5. The molecule has 0 aliphatic carbocycles. The molecule has 0 bridgehead atoms. The third-order valence-corrected chi connectivity index (χ3v) is 0. The first-order valence-corrected chi connectivity index (χ1v) is 15.8. The molecule has 0 aromatic carbocycles. The van der Waals surface area contributed by atoms with Crippen molar-refractivity contribution in [3.05, 3.63) is 0 Å². The van der Waals surface area contributed by atoms with Crippen molar-refractivity contribution < 1.29 is -4.46 Å². The van der Waals surface area contributed by atoms with Crippen LogP contribution in [0.5, 0.6) is 0 Å². The van der Waals surface area contributed by atoms with E-state index in [4.69, 9.17) is 0 Å². The Morgan fingerprint density at radius 2 is 0.667 bits per heavy atom. The molecule has 0 aliphatic rings. The Bertz CT molecular complexity index is 37.1. The summed E-state index contributed by atoms with van der Waals surface area (Å²) in [6.45, 7) is 0. The van der Waals surface area contributed by atoms with E-state index in [0.717, 1.165) is 0 Å². The summed E-state index contributed by atoms with van der Waals surface area (Å²) in [6.07, 6.45) is 0. The van der Waals surface area contributed by atoms with Crippen LogP contribution in [-0.2, 0) is -4.46 Å². The van der Waals surface area contributed by atoms with Crippen molar-refractivity contribution in [3.63, 3.8) is 0 Å². The average Bonchev–Trinajstić information content (AvgIpc) is 0.650. The number of rotatable bonds is 0. The van der Waals surface area contributed by atoms with Gasteiger partial charge in [0.2, 0.25) is 0 Å². The molecule has 0 amide bonds. The zero-order valence-corrected chi connectivity index (χ0v) is 13.9. The van der Waals surface area contributed by atoms with E-state index >= 15 is 0 Å². The van der Waals surface area contributed by atoms with E-state index in [1.807, 2.05) is 0 Å². The van der Waals surface area contributed by atoms with Crippen molar-refractivity contribution in [2.75, 3.05) is 0 Å². The Labute approximate surface area is 94.0 Å². The van der Waals surface area contributed by atoms with Gasteiger partial charge in [-0.25, -0.2) is 0 Å². The monoisotopic (exact) mass is 697 g/mol. The molecular formula is CuI5. The fourth-order valence-electron chi connectivity index (χ4n) is 0. The van der Waals surface area contributed by atoms with E-state index in [9.17, 15) is 0 Å². The molecule has 0 unspecified atom stereocenters. The third kappa shape index (κ3) is 24.2. The Kier molecular flexibility index (Phi) is 5.17. The summed E-state index contributed by atoms with van der Waals surface area (Å²) in [5.74, 6) is 0. The molecule has 0 aliphatic heterocycles. The van der Waals surface area contributed by atoms with Gasteiger partial charge >= 0.3 is 97.3 Å². The van der Waals surface area contributed by atoms with Gasteiger partial charge in [-0.15, -0.1) is 0 Å². The molecule has 0 rings (SSSR count). The first-order chi connectivity index (χ1) is 2.24. The van der Waals surface area contributed by atoms with Crippen molar-refractivity contribution in [1.82, 2.24) is 0 Å². The summed E-state index contributed by atoms with van der Waals surface area (Å²) < 4.78 is -0.963. The molecule has 6 heavy (non-hydrogen) atoms. The molecule has 0 spiro atoms. The molecule has 6 heteroatoms. The van der Waals surface area contributed by atoms with Gasteiger partial charge in [0.15, 0.2) is 0 Å². The summed E-state index contributed by atoms with van der Waals surface area (Å²) in [5.41, 5.74) is 0. The van der Waals surface area contributed by atoms with Gasteiger partial charge in [0, 0.05) is 0 Å². The topological polar surface area (TPSA) is 0 Å². The van der Waals surface area contributed by atoms with Gasteiger partial charge in [0.25, 0.3) is 0 Å². The Morgan fingerprint density at radius 1 is 0.667 bits per heavy atom. The summed E-state index contributed by atoms with van der Waals surface area (Å²) >= 11 is 12.3. The summed E-state index contributed by atoms with van der Waals surface area (Å²) in [7, 11) is 0. The molecule has 0 nitrogen and oxygen atoms in total. The van der Waals surface area contributed by atoms with E-state index in [1.54, 1.807) is 0 Å². The molecule has 0 saturated carbocycles. The molecular weight excluding hydrogens is 698 g/mol. The third-order valence-electron chi connectivity index (χ3n) is 0. The molecule has 0 atom stereocenters. The van der Waals surface area contributed by atoms with Crippen LogP contribution in [0.25, 0.3) is 0 Å². The quantitative estimate of drug-likeness (QED) is 0.260. The predicted molar refractivity (Wildman–Crippen MR) is 70.1 cm³/mol. The van der Waals surface area contributed by atoms with Gasteiger partial charge in [-0.1, -0.05) is 0 Å². The van der Waals surface area contributed by atoms with E-state index in [0.29, 0.717) is 0 Å². The van der Waals surface area contributed by atoms with E-state index in [2.05, 4.69) is 102 Å². The van der Waals surface area contributed by atoms with Crippen LogP contribution in [0.3, 0.4) is 0 Å². The molecule has 0 fully saturated rings. The normalized spacial score (nSPS) is 19.2. The van der Waals surface area contributed by atoms with Gasteiger partial charge < -0.3 is 0 Å². The maximum absolute atomic E-state index is 2.46. The SMILES string of the molecule is [I][Cu]([I])([I])([I])[I]. The average molecular weight is 698 g/mol. The molecule has 0 radical (unpaired) electrons. The van der Waals surface area contributed by atoms with Crippen LogP contribution in [0.1, 0.15) is 0 Å². The molecule has 0 saturated heterocycles. The molecule has 0 N–H and O–H groups in total. The molecule has 0 aromatic rings. The molecule has 0 aromatic heterocycles. The fraction of sp³-hybridized carbons (Fsp3) is 0.